The highest BCUT2D eigenvalue weighted by molar-refractivity contribution is 7.10. The summed E-state index contributed by atoms with van der Waals surface area (Å²) in [6.45, 7) is 4.75. The van der Waals surface area contributed by atoms with Crippen molar-refractivity contribution in [1.29, 1.82) is 0 Å². The molecular formula is C20H26N4O2S. The minimum absolute atomic E-state index is 0.0593. The number of nitrogens with one attached hydrogen (secondary N) is 1. The predicted molar refractivity (Wildman–Crippen MR) is 104 cm³/mol. The molecule has 2 amide bonds. The number of thiophene rings is 1. The van der Waals surface area contributed by atoms with Gasteiger partial charge in [-0.25, -0.2) is 0 Å². The fourth-order valence-corrected chi connectivity index (χ4v) is 4.48. The van der Waals surface area contributed by atoms with Gasteiger partial charge < -0.3 is 10.2 Å². The molecule has 1 aliphatic carbocycles. The molecule has 1 saturated carbocycles. The molecule has 1 aliphatic heterocycles. The number of aromatic nitrogens is 2. The first-order valence-electron chi connectivity index (χ1n) is 9.84. The molecule has 3 heterocycles. The highest BCUT2D eigenvalue weighted by atomic mass is 32.1. The maximum atomic E-state index is 12.6. The van der Waals surface area contributed by atoms with Gasteiger partial charge >= 0.3 is 0 Å². The van der Waals surface area contributed by atoms with Crippen molar-refractivity contribution in [2.24, 2.45) is 5.92 Å². The third-order valence-corrected chi connectivity index (χ3v) is 6.61. The summed E-state index contributed by atoms with van der Waals surface area (Å²) >= 11 is 1.62. The fraction of sp³-hybridized carbons (Fsp3) is 0.550. The Morgan fingerprint density at radius 3 is 2.81 bits per heavy atom. The Hall–Kier alpha value is -2.15. The SMILES string of the molecule is CCc1cc(C(=O)NCc2cc3n(n2)CCCN(C(=O)C2CCC2)C3)cs1. The molecular weight excluding hydrogens is 360 g/mol. The summed E-state index contributed by atoms with van der Waals surface area (Å²) in [6, 6.07) is 3.98. The summed E-state index contributed by atoms with van der Waals surface area (Å²) in [7, 11) is 0. The summed E-state index contributed by atoms with van der Waals surface area (Å²) < 4.78 is 2.00. The van der Waals surface area contributed by atoms with E-state index in [0.29, 0.717) is 19.0 Å². The number of aryl methyl sites for hydroxylation is 2. The summed E-state index contributed by atoms with van der Waals surface area (Å²) in [6.07, 6.45) is 5.12. The summed E-state index contributed by atoms with van der Waals surface area (Å²) in [5.74, 6) is 0.475. The van der Waals surface area contributed by atoms with Crippen LogP contribution in [0.15, 0.2) is 17.5 Å². The van der Waals surface area contributed by atoms with Gasteiger partial charge in [0, 0.05) is 29.3 Å². The average Bonchev–Trinajstić information content (AvgIpc) is 3.20. The molecule has 2 aromatic heterocycles. The van der Waals surface area contributed by atoms with Gasteiger partial charge in [-0.2, -0.15) is 5.10 Å². The van der Waals surface area contributed by atoms with Crippen LogP contribution in [0.5, 0.6) is 0 Å². The molecule has 2 aliphatic rings. The Bertz CT molecular complexity index is 837. The van der Waals surface area contributed by atoms with E-state index >= 15 is 0 Å². The third-order valence-electron chi connectivity index (χ3n) is 5.53. The van der Waals surface area contributed by atoms with Crippen LogP contribution in [-0.2, 0) is 30.8 Å². The topological polar surface area (TPSA) is 67.2 Å². The van der Waals surface area contributed by atoms with Gasteiger partial charge in [0.2, 0.25) is 5.91 Å². The molecule has 4 rings (SSSR count). The van der Waals surface area contributed by atoms with Crippen molar-refractivity contribution >= 4 is 23.2 Å². The van der Waals surface area contributed by atoms with Crippen LogP contribution in [0.4, 0.5) is 0 Å². The van der Waals surface area contributed by atoms with Gasteiger partial charge in [0.05, 0.1) is 30.0 Å². The first-order chi connectivity index (χ1) is 13.1. The molecule has 0 atom stereocenters. The van der Waals surface area contributed by atoms with Crippen LogP contribution >= 0.6 is 11.3 Å². The van der Waals surface area contributed by atoms with E-state index in [-0.39, 0.29) is 11.8 Å². The van der Waals surface area contributed by atoms with Crippen molar-refractivity contribution in [3.63, 3.8) is 0 Å². The monoisotopic (exact) mass is 386 g/mol. The zero-order valence-corrected chi connectivity index (χ0v) is 16.6. The molecule has 0 bridgehead atoms. The predicted octanol–water partition coefficient (Wildman–Crippen LogP) is 2.97. The van der Waals surface area contributed by atoms with Gasteiger partial charge in [-0.3, -0.25) is 14.3 Å². The zero-order chi connectivity index (χ0) is 18.8. The molecule has 0 saturated heterocycles. The number of hydrogen-bond donors (Lipinski definition) is 1. The lowest BCUT2D eigenvalue weighted by Gasteiger charge is -2.30. The van der Waals surface area contributed by atoms with E-state index in [9.17, 15) is 9.59 Å². The average molecular weight is 387 g/mol. The molecule has 1 fully saturated rings. The summed E-state index contributed by atoms with van der Waals surface area (Å²) in [4.78, 5) is 28.1. The van der Waals surface area contributed by atoms with Crippen molar-refractivity contribution in [2.45, 2.75) is 58.7 Å². The van der Waals surface area contributed by atoms with Crippen LogP contribution in [-0.4, -0.2) is 33.0 Å². The number of hydrogen-bond acceptors (Lipinski definition) is 4. The third kappa shape index (κ3) is 3.93. The van der Waals surface area contributed by atoms with Gasteiger partial charge in [0.15, 0.2) is 0 Å². The highest BCUT2D eigenvalue weighted by Gasteiger charge is 2.30. The molecule has 0 spiro atoms. The number of amides is 2. The zero-order valence-electron chi connectivity index (χ0n) is 15.7. The van der Waals surface area contributed by atoms with Crippen molar-refractivity contribution in [3.8, 4) is 0 Å². The normalized spacial score (nSPS) is 17.1. The van der Waals surface area contributed by atoms with Crippen molar-refractivity contribution in [3.05, 3.63) is 39.3 Å². The van der Waals surface area contributed by atoms with Crippen molar-refractivity contribution in [2.75, 3.05) is 6.54 Å². The minimum Gasteiger partial charge on any atom is -0.346 e. The molecule has 144 valence electrons. The largest absolute Gasteiger partial charge is 0.346 e. The smallest absolute Gasteiger partial charge is 0.252 e. The lowest BCUT2D eigenvalue weighted by Crippen LogP contribution is -2.38. The molecule has 27 heavy (non-hydrogen) atoms. The van der Waals surface area contributed by atoms with E-state index in [1.165, 1.54) is 11.3 Å². The van der Waals surface area contributed by atoms with Crippen LogP contribution in [0.2, 0.25) is 0 Å². The van der Waals surface area contributed by atoms with Gasteiger partial charge in [0.25, 0.3) is 5.91 Å². The Morgan fingerprint density at radius 2 is 2.11 bits per heavy atom. The first kappa shape index (κ1) is 18.2. The van der Waals surface area contributed by atoms with E-state index in [1.807, 2.05) is 27.1 Å². The van der Waals surface area contributed by atoms with E-state index in [4.69, 9.17) is 0 Å². The van der Waals surface area contributed by atoms with E-state index in [1.54, 1.807) is 11.3 Å². The number of rotatable bonds is 5. The summed E-state index contributed by atoms with van der Waals surface area (Å²) in [5.41, 5.74) is 2.63. The van der Waals surface area contributed by atoms with E-state index < -0.39 is 0 Å². The maximum Gasteiger partial charge on any atom is 0.252 e. The van der Waals surface area contributed by atoms with Gasteiger partial charge in [-0.15, -0.1) is 11.3 Å². The Labute approximate surface area is 163 Å². The molecule has 6 nitrogen and oxygen atoms in total. The maximum absolute atomic E-state index is 12.6. The number of carbonyl (C=O) groups excluding carboxylic acids is 2. The minimum atomic E-state index is -0.0593. The van der Waals surface area contributed by atoms with Gasteiger partial charge in [-0.05, 0) is 37.8 Å². The van der Waals surface area contributed by atoms with Crippen molar-refractivity contribution < 1.29 is 9.59 Å². The Morgan fingerprint density at radius 1 is 1.26 bits per heavy atom. The second kappa shape index (κ2) is 7.84. The number of nitrogens with zero attached hydrogens (tertiary/aromatic N) is 3. The van der Waals surface area contributed by atoms with E-state index in [0.717, 1.165) is 55.7 Å². The quantitative estimate of drug-likeness (QED) is 0.859. The van der Waals surface area contributed by atoms with Crippen LogP contribution < -0.4 is 5.32 Å². The van der Waals surface area contributed by atoms with Crippen LogP contribution in [0.1, 0.15) is 59.2 Å². The highest BCUT2D eigenvalue weighted by Crippen LogP contribution is 2.29. The van der Waals surface area contributed by atoms with Crippen LogP contribution in [0, 0.1) is 5.92 Å². The molecule has 1 N–H and O–H groups in total. The van der Waals surface area contributed by atoms with Crippen molar-refractivity contribution in [1.82, 2.24) is 20.0 Å². The first-order valence-corrected chi connectivity index (χ1v) is 10.7. The second-order valence-corrected chi connectivity index (χ2v) is 8.43. The molecule has 0 aromatic carbocycles. The molecule has 7 heteroatoms. The van der Waals surface area contributed by atoms with Crippen LogP contribution in [0.25, 0.3) is 0 Å². The van der Waals surface area contributed by atoms with Gasteiger partial charge in [-0.1, -0.05) is 13.3 Å². The Kier molecular flexibility index (Phi) is 5.29. The second-order valence-electron chi connectivity index (χ2n) is 7.43. The fourth-order valence-electron chi connectivity index (χ4n) is 3.67. The van der Waals surface area contributed by atoms with Crippen LogP contribution in [0.3, 0.4) is 0 Å². The Balaban J connectivity index is 1.38. The lowest BCUT2D eigenvalue weighted by molar-refractivity contribution is -0.138. The summed E-state index contributed by atoms with van der Waals surface area (Å²) in [5, 5.41) is 9.50. The number of carbonyl (C=O) groups is 2. The standard InChI is InChI=1S/C20H26N4O2S/c1-2-18-9-15(13-27-18)19(25)21-11-16-10-17-12-23(7-4-8-24(17)22-16)20(26)14-5-3-6-14/h9-10,13-14H,2-8,11-12H2,1H3,(H,21,25). The molecule has 0 radical (unpaired) electrons. The lowest BCUT2D eigenvalue weighted by atomic mass is 9.84. The molecule has 2 aromatic rings. The van der Waals surface area contributed by atoms with E-state index in [2.05, 4.69) is 17.3 Å². The number of fused-ring (bicyclic) bond motifs is 1. The molecule has 0 unspecified atom stereocenters. The van der Waals surface area contributed by atoms with Gasteiger partial charge in [0.1, 0.15) is 0 Å².